The molecule has 0 radical (unpaired) electrons. The van der Waals surface area contributed by atoms with E-state index in [0.717, 1.165) is 70.6 Å². The first-order valence-electron chi connectivity index (χ1n) is 15.4. The van der Waals surface area contributed by atoms with Gasteiger partial charge in [-0.1, -0.05) is 36.4 Å². The number of aryl methyl sites for hydroxylation is 1. The Labute approximate surface area is 250 Å². The van der Waals surface area contributed by atoms with Gasteiger partial charge in [0, 0.05) is 48.7 Å². The maximum absolute atomic E-state index is 13.7. The number of amides is 1. The van der Waals surface area contributed by atoms with Crippen LogP contribution in [0.1, 0.15) is 41.6 Å². The largest absolute Gasteiger partial charge is 0.494 e. The second-order valence-electron chi connectivity index (χ2n) is 12.7. The fraction of sp³-hybridized carbons (Fsp3) is 0.371. The number of fused-ring (bicyclic) bond motifs is 4. The summed E-state index contributed by atoms with van der Waals surface area (Å²) in [6.45, 7) is 1.65. The lowest BCUT2D eigenvalue weighted by molar-refractivity contribution is 0.0700. The van der Waals surface area contributed by atoms with Crippen LogP contribution >= 0.6 is 0 Å². The fourth-order valence-corrected chi connectivity index (χ4v) is 7.59. The van der Waals surface area contributed by atoms with Crippen molar-refractivity contribution in [1.29, 1.82) is 0 Å². The standard InChI is InChI=1S/C35H37N5O3/c1-38-33-27(14-25(16-30(33)43-2)35(42)40-18-24-11-12-28(40)31(24)36)37-34(38)29-15-23-7-4-8-26(22-6-3-5-21(13-22)19-41)32(23)39(29)17-20-9-10-20/h3-8,13-16,20,24,28,31,41H,9-12,17-19,36H2,1-2H3/t24?,28?,31-/m1/s1. The van der Waals surface area contributed by atoms with Crippen molar-refractivity contribution >= 4 is 27.8 Å². The number of ether oxygens (including phenoxy) is 1. The molecule has 8 nitrogen and oxygen atoms in total. The van der Waals surface area contributed by atoms with Gasteiger partial charge in [-0.05, 0) is 72.9 Å². The van der Waals surface area contributed by atoms with E-state index in [2.05, 4.69) is 45.5 Å². The molecule has 5 aromatic rings. The van der Waals surface area contributed by atoms with E-state index < -0.39 is 0 Å². The summed E-state index contributed by atoms with van der Waals surface area (Å²) in [5, 5.41) is 10.9. The highest BCUT2D eigenvalue weighted by atomic mass is 16.5. The number of aliphatic hydroxyl groups is 1. The Hall–Kier alpha value is -4.14. The molecule has 3 aromatic carbocycles. The van der Waals surface area contributed by atoms with Crippen LogP contribution in [0.25, 0.3) is 44.6 Å². The molecular formula is C35H37N5O3. The van der Waals surface area contributed by atoms with E-state index in [9.17, 15) is 9.90 Å². The average Bonchev–Trinajstić information content (AvgIpc) is 3.42. The minimum absolute atomic E-state index is 0.00708. The van der Waals surface area contributed by atoms with Crippen molar-refractivity contribution in [3.05, 3.63) is 71.8 Å². The quantitative estimate of drug-likeness (QED) is 0.273. The number of aliphatic hydroxyl groups excluding tert-OH is 1. The highest BCUT2D eigenvalue weighted by Crippen LogP contribution is 2.42. The lowest BCUT2D eigenvalue weighted by atomic mass is 10.0. The Morgan fingerprint density at radius 2 is 1.88 bits per heavy atom. The number of methoxy groups -OCH3 is 1. The maximum Gasteiger partial charge on any atom is 0.254 e. The molecule has 2 bridgehead atoms. The Bertz CT molecular complexity index is 1900. The highest BCUT2D eigenvalue weighted by molar-refractivity contribution is 6.01. The number of carbonyl (C=O) groups excluding carboxylic acids is 1. The molecule has 1 saturated heterocycles. The van der Waals surface area contributed by atoms with Crippen LogP contribution in [-0.4, -0.2) is 55.8 Å². The van der Waals surface area contributed by atoms with Gasteiger partial charge < -0.3 is 29.6 Å². The number of carbonyl (C=O) groups is 1. The van der Waals surface area contributed by atoms with E-state index in [1.54, 1.807) is 7.11 Å². The zero-order valence-electron chi connectivity index (χ0n) is 24.7. The molecule has 3 atom stereocenters. The van der Waals surface area contributed by atoms with Crippen molar-refractivity contribution in [3.8, 4) is 28.4 Å². The van der Waals surface area contributed by atoms with Crippen LogP contribution in [0.15, 0.2) is 60.7 Å². The topological polar surface area (TPSA) is 98.5 Å². The monoisotopic (exact) mass is 575 g/mol. The average molecular weight is 576 g/mol. The molecule has 3 N–H and O–H groups in total. The van der Waals surface area contributed by atoms with Crippen LogP contribution in [0.4, 0.5) is 0 Å². The van der Waals surface area contributed by atoms with Gasteiger partial charge in [-0.15, -0.1) is 0 Å². The second kappa shape index (κ2) is 9.96. The van der Waals surface area contributed by atoms with Gasteiger partial charge in [-0.3, -0.25) is 4.79 Å². The normalized spacial score (nSPS) is 21.4. The van der Waals surface area contributed by atoms with E-state index in [1.165, 1.54) is 18.4 Å². The first-order chi connectivity index (χ1) is 20.9. The third-order valence-electron chi connectivity index (χ3n) is 10.0. The molecule has 220 valence electrons. The fourth-order valence-electron chi connectivity index (χ4n) is 7.59. The number of aromatic nitrogens is 3. The van der Waals surface area contributed by atoms with Crippen LogP contribution in [0, 0.1) is 11.8 Å². The van der Waals surface area contributed by atoms with Crippen LogP contribution in [0.2, 0.25) is 0 Å². The summed E-state index contributed by atoms with van der Waals surface area (Å²) in [6.07, 6.45) is 4.53. The number of imidazole rings is 1. The Balaban J connectivity index is 1.28. The van der Waals surface area contributed by atoms with Gasteiger partial charge in [0.1, 0.15) is 11.3 Å². The molecule has 0 spiro atoms. The Kier molecular flexibility index (Phi) is 6.14. The zero-order valence-corrected chi connectivity index (χ0v) is 24.7. The predicted octanol–water partition coefficient (Wildman–Crippen LogP) is 5.33. The molecule has 1 aliphatic heterocycles. The van der Waals surface area contributed by atoms with Gasteiger partial charge >= 0.3 is 0 Å². The molecule has 3 fully saturated rings. The van der Waals surface area contributed by atoms with Gasteiger partial charge in [0.25, 0.3) is 5.91 Å². The molecule has 2 saturated carbocycles. The van der Waals surface area contributed by atoms with Crippen LogP contribution in [0.3, 0.4) is 0 Å². The smallest absolute Gasteiger partial charge is 0.254 e. The van der Waals surface area contributed by atoms with E-state index in [1.807, 2.05) is 36.2 Å². The summed E-state index contributed by atoms with van der Waals surface area (Å²) >= 11 is 0. The van der Waals surface area contributed by atoms with Crippen molar-refractivity contribution in [3.63, 3.8) is 0 Å². The van der Waals surface area contributed by atoms with Crippen molar-refractivity contribution in [2.45, 2.75) is 50.9 Å². The first-order valence-corrected chi connectivity index (χ1v) is 15.4. The third kappa shape index (κ3) is 4.18. The Morgan fingerprint density at radius 1 is 1.05 bits per heavy atom. The predicted molar refractivity (Wildman–Crippen MR) is 168 cm³/mol. The van der Waals surface area contributed by atoms with Crippen molar-refractivity contribution in [1.82, 2.24) is 19.0 Å². The first kappa shape index (κ1) is 26.5. The maximum atomic E-state index is 13.7. The van der Waals surface area contributed by atoms with E-state index in [-0.39, 0.29) is 24.6 Å². The van der Waals surface area contributed by atoms with Crippen LogP contribution < -0.4 is 10.5 Å². The number of nitrogens with two attached hydrogens (primary N) is 1. The lowest BCUT2D eigenvalue weighted by Crippen LogP contribution is -2.41. The summed E-state index contributed by atoms with van der Waals surface area (Å²) in [6, 6.07) is 20.8. The molecule has 8 heteroatoms. The lowest BCUT2D eigenvalue weighted by Gasteiger charge is -2.27. The SMILES string of the molecule is COc1cc(C(=O)N2CC3CCC2[C@@H]3N)cc2nc(-c3cc4cccc(-c5cccc(CO)c5)c4n3CC3CC3)n(C)c12. The molecule has 1 amide bonds. The number of likely N-dealkylation sites (tertiary alicyclic amines) is 1. The molecule has 3 heterocycles. The summed E-state index contributed by atoms with van der Waals surface area (Å²) in [4.78, 5) is 20.9. The van der Waals surface area contributed by atoms with E-state index >= 15 is 0 Å². The number of benzene rings is 3. The van der Waals surface area contributed by atoms with Gasteiger partial charge in [0.15, 0.2) is 5.82 Å². The number of nitrogens with zero attached hydrogens (tertiary/aromatic N) is 4. The Morgan fingerprint density at radius 3 is 2.60 bits per heavy atom. The van der Waals surface area contributed by atoms with Crippen molar-refractivity contribution in [2.75, 3.05) is 13.7 Å². The molecule has 2 aliphatic carbocycles. The van der Waals surface area contributed by atoms with Crippen LogP contribution in [0.5, 0.6) is 5.75 Å². The van der Waals surface area contributed by atoms with Gasteiger partial charge in [-0.25, -0.2) is 4.98 Å². The molecular weight excluding hydrogens is 538 g/mol. The van der Waals surface area contributed by atoms with Crippen molar-refractivity contribution in [2.24, 2.45) is 24.6 Å². The zero-order chi connectivity index (χ0) is 29.4. The number of para-hydroxylation sites is 1. The van der Waals surface area contributed by atoms with Gasteiger partial charge in [0.2, 0.25) is 0 Å². The minimum atomic E-state index is 0.00708. The van der Waals surface area contributed by atoms with Crippen molar-refractivity contribution < 1.29 is 14.6 Å². The summed E-state index contributed by atoms with van der Waals surface area (Å²) in [7, 11) is 3.68. The minimum Gasteiger partial charge on any atom is -0.494 e. The third-order valence-corrected chi connectivity index (χ3v) is 10.0. The molecule has 2 unspecified atom stereocenters. The second-order valence-corrected chi connectivity index (χ2v) is 12.7. The molecule has 3 aliphatic rings. The summed E-state index contributed by atoms with van der Waals surface area (Å²) in [5.74, 6) is 2.52. The summed E-state index contributed by atoms with van der Waals surface area (Å²) < 4.78 is 10.4. The number of hydrogen-bond donors (Lipinski definition) is 2. The van der Waals surface area contributed by atoms with Gasteiger partial charge in [0.05, 0.1) is 30.4 Å². The number of rotatable bonds is 7. The molecule has 43 heavy (non-hydrogen) atoms. The van der Waals surface area contributed by atoms with E-state index in [0.29, 0.717) is 23.1 Å². The van der Waals surface area contributed by atoms with Crippen LogP contribution in [-0.2, 0) is 20.2 Å². The number of hydrogen-bond acceptors (Lipinski definition) is 5. The molecule has 8 rings (SSSR count). The number of piperidine rings is 1. The molecule has 2 aromatic heterocycles. The van der Waals surface area contributed by atoms with E-state index in [4.69, 9.17) is 15.5 Å². The highest BCUT2D eigenvalue weighted by Gasteiger charge is 2.47. The summed E-state index contributed by atoms with van der Waals surface area (Å²) in [5.41, 5.74) is 14.0. The van der Waals surface area contributed by atoms with Gasteiger partial charge in [-0.2, -0.15) is 0 Å².